The average molecular weight is 426 g/mol. The number of nitrogens with zero attached hydrogens (tertiary/aromatic N) is 1. The van der Waals surface area contributed by atoms with Crippen LogP contribution in [0.15, 0.2) is 36.4 Å². The molecule has 9 heteroatoms. The number of methoxy groups -OCH3 is 3. The molecule has 0 aliphatic carbocycles. The summed E-state index contributed by atoms with van der Waals surface area (Å²) < 4.78 is 21.2. The molecule has 2 aliphatic heterocycles. The van der Waals surface area contributed by atoms with Crippen molar-refractivity contribution in [2.24, 2.45) is 0 Å². The summed E-state index contributed by atoms with van der Waals surface area (Å²) in [6.45, 7) is 0. The van der Waals surface area contributed by atoms with E-state index in [1.54, 1.807) is 43.5 Å². The molecular weight excluding hydrogens is 404 g/mol. The molecule has 2 atom stereocenters. The predicted octanol–water partition coefficient (Wildman–Crippen LogP) is 2.51. The Bertz CT molecular complexity index is 1030. The molecule has 1 fully saturated rings. The van der Waals surface area contributed by atoms with Gasteiger partial charge in [-0.25, -0.2) is 4.79 Å². The number of fused-ring (bicyclic) bond motifs is 1. The Hall–Kier alpha value is -3.75. The van der Waals surface area contributed by atoms with Crippen LogP contribution in [0.2, 0.25) is 0 Å². The highest BCUT2D eigenvalue weighted by Gasteiger charge is 2.47. The number of hydrogen-bond acceptors (Lipinski definition) is 7. The zero-order valence-electron chi connectivity index (χ0n) is 17.3. The Morgan fingerprint density at radius 3 is 2.42 bits per heavy atom. The number of esters is 1. The molecule has 0 radical (unpaired) electrons. The molecular formula is C22H22N2O7. The van der Waals surface area contributed by atoms with Gasteiger partial charge in [0.25, 0.3) is 0 Å². The van der Waals surface area contributed by atoms with E-state index in [4.69, 9.17) is 18.9 Å². The van der Waals surface area contributed by atoms with Crippen molar-refractivity contribution in [1.82, 2.24) is 4.90 Å². The highest BCUT2D eigenvalue weighted by Crippen LogP contribution is 2.45. The number of rotatable bonds is 6. The quantitative estimate of drug-likeness (QED) is 0.708. The molecule has 2 amide bonds. The number of nitrogens with one attached hydrogen (secondary N) is 1. The van der Waals surface area contributed by atoms with Crippen LogP contribution in [0.25, 0.3) is 0 Å². The molecule has 2 unspecified atom stereocenters. The molecule has 1 N–H and O–H groups in total. The number of likely N-dealkylation sites (tertiary alicyclic amines) is 1. The van der Waals surface area contributed by atoms with Gasteiger partial charge in [-0.15, -0.1) is 0 Å². The molecule has 0 aromatic heterocycles. The third-order valence-corrected chi connectivity index (χ3v) is 5.43. The largest absolute Gasteiger partial charge is 0.497 e. The van der Waals surface area contributed by atoms with Gasteiger partial charge < -0.3 is 24.3 Å². The van der Waals surface area contributed by atoms with E-state index in [0.29, 0.717) is 29.2 Å². The molecule has 9 nitrogen and oxygen atoms in total. The Balaban J connectivity index is 1.62. The normalized spacial score (nSPS) is 19.6. The second kappa shape index (κ2) is 8.17. The Kier molecular flexibility index (Phi) is 5.41. The maximum Gasteiger partial charge on any atom is 0.344 e. The summed E-state index contributed by atoms with van der Waals surface area (Å²) >= 11 is 0. The summed E-state index contributed by atoms with van der Waals surface area (Å²) in [4.78, 5) is 39.6. The summed E-state index contributed by atoms with van der Waals surface area (Å²) in [6, 6.07) is 9.37. The van der Waals surface area contributed by atoms with E-state index < -0.39 is 18.2 Å². The van der Waals surface area contributed by atoms with Gasteiger partial charge in [0.05, 0.1) is 21.3 Å². The number of hydrogen-bond donors (Lipinski definition) is 1. The number of ether oxygens (including phenoxy) is 4. The van der Waals surface area contributed by atoms with Crippen LogP contribution in [-0.2, 0) is 14.3 Å². The van der Waals surface area contributed by atoms with Crippen LogP contribution in [0.4, 0.5) is 5.69 Å². The monoisotopic (exact) mass is 426 g/mol. The Morgan fingerprint density at radius 1 is 1.03 bits per heavy atom. The van der Waals surface area contributed by atoms with Gasteiger partial charge in [-0.1, -0.05) is 0 Å². The van der Waals surface area contributed by atoms with Crippen LogP contribution < -0.4 is 19.5 Å². The lowest BCUT2D eigenvalue weighted by Crippen LogP contribution is -2.43. The van der Waals surface area contributed by atoms with Crippen molar-refractivity contribution >= 4 is 23.5 Å². The molecule has 0 bridgehead atoms. The fraction of sp³-hybridized carbons (Fsp3) is 0.318. The van der Waals surface area contributed by atoms with Gasteiger partial charge in [-0.05, 0) is 42.8 Å². The molecule has 2 aromatic carbocycles. The lowest BCUT2D eigenvalue weighted by Gasteiger charge is -2.29. The maximum absolute atomic E-state index is 13.0. The van der Waals surface area contributed by atoms with Gasteiger partial charge in [0, 0.05) is 17.7 Å². The van der Waals surface area contributed by atoms with Gasteiger partial charge in [0.2, 0.25) is 18.0 Å². The second-order valence-electron chi connectivity index (χ2n) is 7.10. The van der Waals surface area contributed by atoms with Gasteiger partial charge >= 0.3 is 5.97 Å². The third-order valence-electron chi connectivity index (χ3n) is 5.43. The summed E-state index contributed by atoms with van der Waals surface area (Å²) in [5.74, 6) is 0.00867. The van der Waals surface area contributed by atoms with E-state index in [-0.39, 0.29) is 29.5 Å². The summed E-state index contributed by atoms with van der Waals surface area (Å²) in [7, 11) is 4.44. The highest BCUT2D eigenvalue weighted by molar-refractivity contribution is 6.01. The average Bonchev–Trinajstić information content (AvgIpc) is 3.33. The second-order valence-corrected chi connectivity index (χ2v) is 7.10. The van der Waals surface area contributed by atoms with Crippen LogP contribution in [0.3, 0.4) is 0 Å². The first-order valence-corrected chi connectivity index (χ1v) is 9.70. The summed E-state index contributed by atoms with van der Waals surface area (Å²) in [6.07, 6.45) is -0.515. The van der Waals surface area contributed by atoms with Gasteiger partial charge in [0.15, 0.2) is 11.5 Å². The first kappa shape index (κ1) is 20.5. The van der Waals surface area contributed by atoms with Crippen LogP contribution >= 0.6 is 0 Å². The first-order valence-electron chi connectivity index (χ1n) is 9.70. The van der Waals surface area contributed by atoms with Crippen LogP contribution in [0.5, 0.6) is 17.2 Å². The topological polar surface area (TPSA) is 103 Å². The van der Waals surface area contributed by atoms with E-state index in [0.717, 1.165) is 0 Å². The van der Waals surface area contributed by atoms with E-state index in [9.17, 15) is 14.4 Å². The van der Waals surface area contributed by atoms with Crippen LogP contribution in [0, 0.1) is 0 Å². The predicted molar refractivity (Wildman–Crippen MR) is 109 cm³/mol. The molecule has 2 aromatic rings. The minimum Gasteiger partial charge on any atom is -0.497 e. The van der Waals surface area contributed by atoms with Crippen molar-refractivity contribution in [1.29, 1.82) is 0 Å². The lowest BCUT2D eigenvalue weighted by molar-refractivity contribution is -0.144. The number of benzene rings is 2. The van der Waals surface area contributed by atoms with Gasteiger partial charge in [-0.2, -0.15) is 0 Å². The summed E-state index contributed by atoms with van der Waals surface area (Å²) in [5.41, 5.74) is 1.22. The van der Waals surface area contributed by atoms with E-state index in [1.165, 1.54) is 19.1 Å². The van der Waals surface area contributed by atoms with Crippen LogP contribution in [-0.4, -0.2) is 50.1 Å². The van der Waals surface area contributed by atoms with E-state index in [1.807, 2.05) is 0 Å². The Morgan fingerprint density at radius 2 is 1.77 bits per heavy atom. The fourth-order valence-corrected chi connectivity index (χ4v) is 3.94. The molecule has 0 saturated carbocycles. The number of carbonyl (C=O) groups is 3. The maximum atomic E-state index is 13.0. The molecule has 162 valence electrons. The lowest BCUT2D eigenvalue weighted by atomic mass is 10.1. The van der Waals surface area contributed by atoms with E-state index in [2.05, 4.69) is 5.32 Å². The zero-order chi connectivity index (χ0) is 22.1. The van der Waals surface area contributed by atoms with Crippen molar-refractivity contribution in [2.45, 2.75) is 25.1 Å². The molecule has 4 rings (SSSR count). The van der Waals surface area contributed by atoms with Crippen molar-refractivity contribution in [2.75, 3.05) is 26.6 Å². The smallest absolute Gasteiger partial charge is 0.344 e. The molecule has 2 heterocycles. The minimum atomic E-state index is -1.01. The van der Waals surface area contributed by atoms with Crippen molar-refractivity contribution < 1.29 is 33.3 Å². The Labute approximate surface area is 178 Å². The fourth-order valence-electron chi connectivity index (χ4n) is 3.94. The highest BCUT2D eigenvalue weighted by atomic mass is 16.6. The van der Waals surface area contributed by atoms with Crippen molar-refractivity contribution in [3.05, 3.63) is 47.5 Å². The first-order chi connectivity index (χ1) is 15.0. The molecule has 2 aliphatic rings. The molecule has 0 spiro atoms. The minimum absolute atomic E-state index is 0.178. The van der Waals surface area contributed by atoms with Gasteiger partial charge in [0.1, 0.15) is 17.4 Å². The number of cyclic esters (lactones) is 1. The number of amides is 2. The number of anilines is 1. The van der Waals surface area contributed by atoms with Gasteiger partial charge in [-0.3, -0.25) is 14.5 Å². The molecule has 31 heavy (non-hydrogen) atoms. The van der Waals surface area contributed by atoms with Crippen molar-refractivity contribution in [3.63, 3.8) is 0 Å². The van der Waals surface area contributed by atoms with E-state index >= 15 is 0 Å². The standard InChI is InChI=1S/C22H22N2O7/c1-28-13-6-4-12(5-7-13)23-20(26)15-9-11-17(25)24(15)21-14-8-10-16(29-2)19(30-3)18(14)22(27)31-21/h4-8,10,15,21H,9,11H2,1-3H3,(H,23,26). The summed E-state index contributed by atoms with van der Waals surface area (Å²) in [5, 5.41) is 2.81. The van der Waals surface area contributed by atoms with Crippen LogP contribution in [0.1, 0.15) is 35.0 Å². The number of carbonyl (C=O) groups excluding carboxylic acids is 3. The SMILES string of the molecule is COc1ccc(NC(=O)C2CCC(=O)N2C2OC(=O)c3c2ccc(OC)c3OC)cc1. The zero-order valence-corrected chi connectivity index (χ0v) is 17.3. The molecule has 1 saturated heterocycles. The van der Waals surface area contributed by atoms with Crippen molar-refractivity contribution in [3.8, 4) is 17.2 Å². The third kappa shape index (κ3) is 3.52.